The minimum atomic E-state index is 0.0966. The molecule has 0 aromatic heterocycles. The van der Waals surface area contributed by atoms with E-state index < -0.39 is 0 Å². The Balaban J connectivity index is 0.000000514. The van der Waals surface area contributed by atoms with Gasteiger partial charge in [0.2, 0.25) is 0 Å². The largest absolute Gasteiger partial charge is 0.289 e. The molecular formula is C16H16O. The van der Waals surface area contributed by atoms with Gasteiger partial charge >= 0.3 is 0 Å². The molecule has 0 heterocycles. The summed E-state index contributed by atoms with van der Waals surface area (Å²) < 4.78 is 0. The average molecular weight is 224 g/mol. The predicted molar refractivity (Wildman–Crippen MR) is 72.5 cm³/mol. The highest BCUT2D eigenvalue weighted by molar-refractivity contribution is 6.19. The van der Waals surface area contributed by atoms with E-state index in [1.54, 1.807) is 0 Å². The average Bonchev–Trinajstić information content (AvgIpc) is 2.38. The minimum Gasteiger partial charge on any atom is -0.289 e. The summed E-state index contributed by atoms with van der Waals surface area (Å²) in [5, 5.41) is 2.25. The molecule has 0 fully saturated rings. The molecule has 17 heavy (non-hydrogen) atoms. The van der Waals surface area contributed by atoms with Crippen molar-refractivity contribution >= 4 is 16.6 Å². The van der Waals surface area contributed by atoms with Gasteiger partial charge in [0.1, 0.15) is 0 Å². The first kappa shape index (κ1) is 11.6. The molecule has 1 heteroatoms. The third kappa shape index (κ3) is 1.78. The highest BCUT2D eigenvalue weighted by atomic mass is 16.1. The molecule has 3 rings (SSSR count). The molecule has 0 unspecified atom stereocenters. The van der Waals surface area contributed by atoms with Gasteiger partial charge in [-0.15, -0.1) is 0 Å². The van der Waals surface area contributed by atoms with Crippen molar-refractivity contribution in [2.24, 2.45) is 0 Å². The summed E-state index contributed by atoms with van der Waals surface area (Å²) in [7, 11) is 0. The van der Waals surface area contributed by atoms with Crippen LogP contribution in [0.4, 0.5) is 0 Å². The van der Waals surface area contributed by atoms with Crippen LogP contribution in [0, 0.1) is 0 Å². The molecule has 0 saturated carbocycles. The SMILES string of the molecule is C=C1Cc2cccc3cccc(c23)C1=O.CC. The predicted octanol–water partition coefficient (Wildman–Crippen LogP) is 4.16. The van der Waals surface area contributed by atoms with E-state index >= 15 is 0 Å². The zero-order chi connectivity index (χ0) is 12.4. The number of hydrogen-bond donors (Lipinski definition) is 0. The maximum absolute atomic E-state index is 11.9. The molecule has 2 aromatic carbocycles. The molecule has 0 N–H and O–H groups in total. The second kappa shape index (κ2) is 4.54. The van der Waals surface area contributed by atoms with Gasteiger partial charge in [0.25, 0.3) is 0 Å². The highest BCUT2D eigenvalue weighted by Crippen LogP contribution is 2.30. The second-order valence-electron chi connectivity index (χ2n) is 3.93. The van der Waals surface area contributed by atoms with E-state index in [9.17, 15) is 4.79 Å². The number of rotatable bonds is 0. The summed E-state index contributed by atoms with van der Waals surface area (Å²) in [5.41, 5.74) is 2.72. The highest BCUT2D eigenvalue weighted by Gasteiger charge is 2.21. The first-order chi connectivity index (χ1) is 8.27. The van der Waals surface area contributed by atoms with Crippen LogP contribution in [0.2, 0.25) is 0 Å². The lowest BCUT2D eigenvalue weighted by Gasteiger charge is -2.17. The van der Waals surface area contributed by atoms with E-state index in [-0.39, 0.29) is 5.78 Å². The number of benzene rings is 2. The van der Waals surface area contributed by atoms with Crippen molar-refractivity contribution < 1.29 is 4.79 Å². The Kier molecular flexibility index (Phi) is 3.10. The zero-order valence-electron chi connectivity index (χ0n) is 10.3. The Hall–Kier alpha value is -1.89. The fourth-order valence-electron chi connectivity index (χ4n) is 2.26. The molecule has 86 valence electrons. The molecular weight excluding hydrogens is 208 g/mol. The Morgan fingerprint density at radius 3 is 2.41 bits per heavy atom. The van der Waals surface area contributed by atoms with Crippen molar-refractivity contribution in [2.75, 3.05) is 0 Å². The van der Waals surface area contributed by atoms with E-state index in [2.05, 4.69) is 12.6 Å². The maximum atomic E-state index is 11.9. The van der Waals surface area contributed by atoms with Gasteiger partial charge in [0.05, 0.1) is 0 Å². The van der Waals surface area contributed by atoms with Crippen molar-refractivity contribution in [1.82, 2.24) is 0 Å². The van der Waals surface area contributed by atoms with Crippen LogP contribution in [-0.4, -0.2) is 5.78 Å². The first-order valence-corrected chi connectivity index (χ1v) is 6.00. The number of ketones is 1. The Morgan fingerprint density at radius 1 is 1.06 bits per heavy atom. The topological polar surface area (TPSA) is 17.1 Å². The van der Waals surface area contributed by atoms with E-state index in [1.165, 1.54) is 5.56 Å². The van der Waals surface area contributed by atoms with Gasteiger partial charge < -0.3 is 0 Å². The van der Waals surface area contributed by atoms with Crippen LogP contribution in [-0.2, 0) is 6.42 Å². The van der Waals surface area contributed by atoms with E-state index in [0.29, 0.717) is 12.0 Å². The quantitative estimate of drug-likeness (QED) is 0.614. The Morgan fingerprint density at radius 2 is 1.71 bits per heavy atom. The molecule has 2 aromatic rings. The molecule has 0 spiro atoms. The number of allylic oxidation sites excluding steroid dienone is 1. The Bertz CT molecular complexity index is 588. The number of hydrogen-bond acceptors (Lipinski definition) is 1. The van der Waals surface area contributed by atoms with Crippen LogP contribution >= 0.6 is 0 Å². The van der Waals surface area contributed by atoms with Crippen molar-refractivity contribution in [3.8, 4) is 0 Å². The summed E-state index contributed by atoms with van der Waals surface area (Å²) in [6, 6.07) is 12.0. The van der Waals surface area contributed by atoms with Crippen molar-refractivity contribution in [3.05, 3.63) is 59.7 Å². The summed E-state index contributed by atoms with van der Waals surface area (Å²) >= 11 is 0. The fourth-order valence-corrected chi connectivity index (χ4v) is 2.26. The molecule has 0 amide bonds. The molecule has 0 bridgehead atoms. The normalized spacial score (nSPS) is 13.3. The van der Waals surface area contributed by atoms with E-state index in [1.807, 2.05) is 44.2 Å². The van der Waals surface area contributed by atoms with Crippen LogP contribution in [0.15, 0.2) is 48.6 Å². The third-order valence-electron chi connectivity index (χ3n) is 2.96. The van der Waals surface area contributed by atoms with Crippen molar-refractivity contribution in [2.45, 2.75) is 20.3 Å². The van der Waals surface area contributed by atoms with Gasteiger partial charge in [0.15, 0.2) is 5.78 Å². The molecule has 0 radical (unpaired) electrons. The summed E-state index contributed by atoms with van der Waals surface area (Å²) in [4.78, 5) is 11.9. The Labute approximate surface area is 102 Å². The lowest BCUT2D eigenvalue weighted by atomic mass is 9.85. The smallest absolute Gasteiger partial charge is 0.189 e. The van der Waals surface area contributed by atoms with Gasteiger partial charge in [-0.25, -0.2) is 0 Å². The van der Waals surface area contributed by atoms with Crippen molar-refractivity contribution in [3.63, 3.8) is 0 Å². The van der Waals surface area contributed by atoms with E-state index in [4.69, 9.17) is 0 Å². The van der Waals surface area contributed by atoms with Gasteiger partial charge in [-0.3, -0.25) is 4.79 Å². The van der Waals surface area contributed by atoms with Gasteiger partial charge in [-0.2, -0.15) is 0 Å². The molecule has 1 aliphatic rings. The number of carbonyl (C=O) groups excluding carboxylic acids is 1. The summed E-state index contributed by atoms with van der Waals surface area (Å²) in [6.45, 7) is 7.83. The zero-order valence-corrected chi connectivity index (χ0v) is 10.3. The monoisotopic (exact) mass is 224 g/mol. The number of carbonyl (C=O) groups is 1. The van der Waals surface area contributed by atoms with Crippen LogP contribution in [0.25, 0.3) is 10.8 Å². The fraction of sp³-hybridized carbons (Fsp3) is 0.188. The van der Waals surface area contributed by atoms with Gasteiger partial charge in [-0.1, -0.05) is 56.8 Å². The first-order valence-electron chi connectivity index (χ1n) is 6.00. The minimum absolute atomic E-state index is 0.0966. The molecule has 0 aliphatic heterocycles. The van der Waals surface area contributed by atoms with Gasteiger partial charge in [-0.05, 0) is 21.9 Å². The van der Waals surface area contributed by atoms with Crippen LogP contribution in [0.3, 0.4) is 0 Å². The van der Waals surface area contributed by atoms with E-state index in [0.717, 1.165) is 16.3 Å². The molecule has 1 aliphatic carbocycles. The van der Waals surface area contributed by atoms with Crippen LogP contribution in [0.1, 0.15) is 29.8 Å². The van der Waals surface area contributed by atoms with Crippen LogP contribution in [0.5, 0.6) is 0 Å². The lowest BCUT2D eigenvalue weighted by Crippen LogP contribution is -2.12. The third-order valence-corrected chi connectivity index (χ3v) is 2.96. The molecule has 0 atom stereocenters. The molecule has 1 nitrogen and oxygen atoms in total. The second-order valence-corrected chi connectivity index (χ2v) is 3.93. The lowest BCUT2D eigenvalue weighted by molar-refractivity contribution is 0.103. The van der Waals surface area contributed by atoms with Crippen LogP contribution < -0.4 is 0 Å². The summed E-state index contributed by atoms with van der Waals surface area (Å²) in [6.07, 6.45) is 0.688. The molecule has 0 saturated heterocycles. The van der Waals surface area contributed by atoms with Gasteiger partial charge in [0, 0.05) is 12.0 Å². The maximum Gasteiger partial charge on any atom is 0.189 e. The summed E-state index contributed by atoms with van der Waals surface area (Å²) in [5.74, 6) is 0.0966. The standard InChI is InChI=1S/C14H10O.C2H6/c1-9-8-11-6-2-4-10-5-3-7-12(13(10)11)14(9)15;1-2/h2-7H,1,8H2;1-2H3. The van der Waals surface area contributed by atoms with Crippen molar-refractivity contribution in [1.29, 1.82) is 0 Å². The number of Topliss-reactive ketones (excluding diaryl/α,β-unsaturated/α-hetero) is 1.